The lowest BCUT2D eigenvalue weighted by atomic mass is 10.1. The van der Waals surface area contributed by atoms with Gasteiger partial charge in [0.15, 0.2) is 11.6 Å². The maximum atomic E-state index is 4.86. The van der Waals surface area contributed by atoms with E-state index in [0.29, 0.717) is 11.6 Å². The highest BCUT2D eigenvalue weighted by Gasteiger charge is 2.14. The number of aromatic nitrogens is 5. The lowest BCUT2D eigenvalue weighted by Gasteiger charge is -2.10. The van der Waals surface area contributed by atoms with Crippen molar-refractivity contribution in [2.75, 3.05) is 0 Å². The van der Waals surface area contributed by atoms with Crippen molar-refractivity contribution in [1.29, 1.82) is 0 Å². The highest BCUT2D eigenvalue weighted by atomic mass is 15.0. The first-order valence-corrected chi connectivity index (χ1v) is 14.7. The van der Waals surface area contributed by atoms with Crippen LogP contribution in [0, 0.1) is 0 Å². The van der Waals surface area contributed by atoms with Gasteiger partial charge in [0, 0.05) is 44.0 Å². The monoisotopic (exact) mass is 563 g/mol. The van der Waals surface area contributed by atoms with Gasteiger partial charge >= 0.3 is 0 Å². The molecule has 0 aliphatic rings. The van der Waals surface area contributed by atoms with Crippen LogP contribution in [0.1, 0.15) is 0 Å². The summed E-state index contributed by atoms with van der Waals surface area (Å²) in [5.41, 5.74) is 8.84. The Morgan fingerprint density at radius 1 is 0.341 bits per heavy atom. The van der Waals surface area contributed by atoms with Crippen molar-refractivity contribution in [3.63, 3.8) is 0 Å². The molecule has 0 aliphatic heterocycles. The molecule has 206 valence electrons. The second kappa shape index (κ2) is 9.75. The molecule has 0 aliphatic carbocycles. The smallest absolute Gasteiger partial charge is 0.163 e. The Hall–Kier alpha value is -6.07. The van der Waals surface area contributed by atoms with E-state index >= 15 is 0 Å². The normalized spacial score (nSPS) is 11.6. The average molecular weight is 564 g/mol. The molecule has 0 radical (unpaired) electrons. The van der Waals surface area contributed by atoms with Crippen molar-refractivity contribution in [3.05, 3.63) is 152 Å². The Kier molecular flexibility index (Phi) is 5.43. The summed E-state index contributed by atoms with van der Waals surface area (Å²) in [4.78, 5) is 13.9. The lowest BCUT2D eigenvalue weighted by Crippen LogP contribution is -1.97. The summed E-state index contributed by atoms with van der Waals surface area (Å²) in [6.45, 7) is 0. The van der Waals surface area contributed by atoms with E-state index in [1.165, 1.54) is 43.6 Å². The molecule has 3 heterocycles. The van der Waals surface area contributed by atoms with Crippen LogP contribution in [0.25, 0.3) is 77.8 Å². The van der Waals surface area contributed by atoms with Crippen LogP contribution in [0.3, 0.4) is 0 Å². The number of nitrogens with zero attached hydrogens (tertiary/aromatic N) is 5. The lowest BCUT2D eigenvalue weighted by molar-refractivity contribution is 1.06. The molecule has 0 atom stereocenters. The number of hydrogen-bond donors (Lipinski definition) is 0. The average Bonchev–Trinajstić information content (AvgIpc) is 3.62. The van der Waals surface area contributed by atoms with Crippen LogP contribution in [-0.2, 0) is 0 Å². The molecule has 3 aromatic heterocycles. The van der Waals surface area contributed by atoms with Gasteiger partial charge < -0.3 is 9.13 Å². The molecule has 0 spiro atoms. The van der Waals surface area contributed by atoms with Gasteiger partial charge in [-0.15, -0.1) is 0 Å². The fourth-order valence-corrected chi connectivity index (χ4v) is 6.50. The predicted octanol–water partition coefficient (Wildman–Crippen LogP) is 9.40. The first-order valence-electron chi connectivity index (χ1n) is 14.7. The predicted molar refractivity (Wildman–Crippen MR) is 179 cm³/mol. The van der Waals surface area contributed by atoms with Gasteiger partial charge in [0.1, 0.15) is 6.33 Å². The van der Waals surface area contributed by atoms with Gasteiger partial charge in [-0.05, 0) is 72.8 Å². The zero-order valence-electron chi connectivity index (χ0n) is 23.7. The van der Waals surface area contributed by atoms with Crippen LogP contribution in [0.4, 0.5) is 0 Å². The maximum absolute atomic E-state index is 4.86. The zero-order chi connectivity index (χ0) is 29.0. The Labute approximate surface area is 253 Å². The molecule has 9 rings (SSSR count). The molecule has 0 amide bonds. The first kappa shape index (κ1) is 24.5. The molecule has 0 N–H and O–H groups in total. The molecular weight excluding hydrogens is 538 g/mol. The van der Waals surface area contributed by atoms with E-state index in [4.69, 9.17) is 4.98 Å². The second-order valence-corrected chi connectivity index (χ2v) is 11.0. The van der Waals surface area contributed by atoms with Crippen molar-refractivity contribution in [2.45, 2.75) is 0 Å². The summed E-state index contributed by atoms with van der Waals surface area (Å²) < 4.78 is 4.62. The first-order chi connectivity index (χ1) is 21.8. The fourth-order valence-electron chi connectivity index (χ4n) is 6.50. The van der Waals surface area contributed by atoms with Gasteiger partial charge in [-0.25, -0.2) is 15.0 Å². The quantitative estimate of drug-likeness (QED) is 0.214. The summed E-state index contributed by atoms with van der Waals surface area (Å²) in [5, 5.41) is 4.99. The third-order valence-corrected chi connectivity index (χ3v) is 8.50. The largest absolute Gasteiger partial charge is 0.309 e. The molecule has 0 saturated heterocycles. The van der Waals surface area contributed by atoms with E-state index in [9.17, 15) is 0 Å². The highest BCUT2D eigenvalue weighted by Crippen LogP contribution is 2.34. The minimum Gasteiger partial charge on any atom is -0.309 e. The van der Waals surface area contributed by atoms with E-state index in [1.807, 2.05) is 0 Å². The zero-order valence-corrected chi connectivity index (χ0v) is 23.7. The number of fused-ring (bicyclic) bond motifs is 6. The minimum absolute atomic E-state index is 0.648. The molecule has 9 aromatic rings. The van der Waals surface area contributed by atoms with Gasteiger partial charge in [0.05, 0.1) is 22.1 Å². The van der Waals surface area contributed by atoms with Gasteiger partial charge in [0.2, 0.25) is 0 Å². The van der Waals surface area contributed by atoms with Crippen molar-refractivity contribution in [2.24, 2.45) is 0 Å². The SMILES string of the molecule is c1ccc2c(c1)c1ccccc1n2-c1ccc(-c2ncnc(-c3ccc(-n4c5ccccc5c5ccccc54)cc3)n2)cc1. The Morgan fingerprint density at radius 2 is 0.659 bits per heavy atom. The molecule has 5 heteroatoms. The van der Waals surface area contributed by atoms with Crippen molar-refractivity contribution in [1.82, 2.24) is 24.1 Å². The Bertz CT molecular complexity index is 2210. The van der Waals surface area contributed by atoms with Crippen LogP contribution in [0.15, 0.2) is 152 Å². The third-order valence-electron chi connectivity index (χ3n) is 8.50. The van der Waals surface area contributed by atoms with Gasteiger partial charge in [0.25, 0.3) is 0 Å². The topological polar surface area (TPSA) is 48.5 Å². The van der Waals surface area contributed by atoms with E-state index < -0.39 is 0 Å². The summed E-state index contributed by atoms with van der Waals surface area (Å²) in [7, 11) is 0. The second-order valence-electron chi connectivity index (χ2n) is 11.0. The number of para-hydroxylation sites is 4. The third kappa shape index (κ3) is 3.76. The molecule has 44 heavy (non-hydrogen) atoms. The molecule has 0 saturated carbocycles. The number of rotatable bonds is 4. The number of hydrogen-bond acceptors (Lipinski definition) is 3. The minimum atomic E-state index is 0.648. The van der Waals surface area contributed by atoms with E-state index in [1.54, 1.807) is 6.33 Å². The number of benzene rings is 6. The summed E-state index contributed by atoms with van der Waals surface area (Å²) >= 11 is 0. The van der Waals surface area contributed by atoms with Crippen LogP contribution in [0.2, 0.25) is 0 Å². The van der Waals surface area contributed by atoms with Crippen molar-refractivity contribution < 1.29 is 0 Å². The van der Waals surface area contributed by atoms with Gasteiger partial charge in [-0.1, -0.05) is 72.8 Å². The molecule has 0 fully saturated rings. The molecule has 6 aromatic carbocycles. The standard InChI is InChI=1S/C39H25N5/c1-5-13-34-30(9-1)31-10-2-6-14-35(31)43(34)28-21-17-26(18-22-28)38-40-25-41-39(42-38)27-19-23-29(24-20-27)44-36-15-7-3-11-32(36)33-12-4-8-16-37(33)44/h1-25H. The van der Waals surface area contributed by atoms with Crippen LogP contribution in [0.5, 0.6) is 0 Å². The van der Waals surface area contributed by atoms with E-state index in [2.05, 4.69) is 165 Å². The van der Waals surface area contributed by atoms with E-state index in [-0.39, 0.29) is 0 Å². The fraction of sp³-hybridized carbons (Fsp3) is 0. The molecular formula is C39H25N5. The van der Waals surface area contributed by atoms with Gasteiger partial charge in [-0.2, -0.15) is 0 Å². The van der Waals surface area contributed by atoms with Crippen LogP contribution in [-0.4, -0.2) is 24.1 Å². The maximum Gasteiger partial charge on any atom is 0.163 e. The molecule has 5 nitrogen and oxygen atoms in total. The summed E-state index contributed by atoms with van der Waals surface area (Å²) in [6.07, 6.45) is 1.60. The van der Waals surface area contributed by atoms with Gasteiger partial charge in [-0.3, -0.25) is 0 Å². The summed E-state index contributed by atoms with van der Waals surface area (Å²) in [6, 6.07) is 51.1. The van der Waals surface area contributed by atoms with Crippen LogP contribution < -0.4 is 0 Å². The van der Waals surface area contributed by atoms with Crippen LogP contribution >= 0.6 is 0 Å². The van der Waals surface area contributed by atoms with Crippen molar-refractivity contribution in [3.8, 4) is 34.2 Å². The van der Waals surface area contributed by atoms with E-state index in [0.717, 1.165) is 22.5 Å². The summed E-state index contributed by atoms with van der Waals surface area (Å²) in [5.74, 6) is 1.30. The van der Waals surface area contributed by atoms with Crippen molar-refractivity contribution >= 4 is 43.6 Å². The molecule has 0 bridgehead atoms. The Morgan fingerprint density at radius 3 is 1.00 bits per heavy atom. The highest BCUT2D eigenvalue weighted by molar-refractivity contribution is 6.10. The molecule has 0 unspecified atom stereocenters. The Balaban J connectivity index is 1.06.